The summed E-state index contributed by atoms with van der Waals surface area (Å²) in [6.07, 6.45) is 5.18. The minimum absolute atomic E-state index is 0.0452. The SMILES string of the molecule is Cn1ccnc1CN(CCO)Cc1nnc(-c2ccco2)o1. The van der Waals surface area contributed by atoms with Crippen LogP contribution in [0, 0.1) is 0 Å². The molecule has 8 heteroatoms. The van der Waals surface area contributed by atoms with Crippen LogP contribution in [0.5, 0.6) is 0 Å². The Morgan fingerprint density at radius 2 is 2.23 bits per heavy atom. The van der Waals surface area contributed by atoms with E-state index in [0.717, 1.165) is 5.82 Å². The van der Waals surface area contributed by atoms with E-state index in [1.54, 1.807) is 24.6 Å². The molecule has 0 bridgehead atoms. The Morgan fingerprint density at radius 1 is 1.32 bits per heavy atom. The lowest BCUT2D eigenvalue weighted by Crippen LogP contribution is -2.27. The van der Waals surface area contributed by atoms with Gasteiger partial charge >= 0.3 is 0 Å². The molecular weight excluding hydrogens is 286 g/mol. The Bertz CT molecular complexity index is 704. The maximum atomic E-state index is 9.22. The van der Waals surface area contributed by atoms with Gasteiger partial charge in [-0.05, 0) is 12.1 Å². The molecule has 22 heavy (non-hydrogen) atoms. The van der Waals surface area contributed by atoms with Crippen molar-refractivity contribution in [2.24, 2.45) is 7.05 Å². The van der Waals surface area contributed by atoms with Crippen molar-refractivity contribution in [1.82, 2.24) is 24.6 Å². The van der Waals surface area contributed by atoms with Gasteiger partial charge in [0.15, 0.2) is 5.76 Å². The summed E-state index contributed by atoms with van der Waals surface area (Å²) in [6, 6.07) is 3.52. The maximum Gasteiger partial charge on any atom is 0.283 e. The monoisotopic (exact) mass is 303 g/mol. The van der Waals surface area contributed by atoms with Crippen LogP contribution in [0.25, 0.3) is 11.7 Å². The average Bonchev–Trinajstić information content (AvgIpc) is 3.22. The molecule has 0 unspecified atom stereocenters. The summed E-state index contributed by atoms with van der Waals surface area (Å²) in [5.41, 5.74) is 0. The van der Waals surface area contributed by atoms with E-state index < -0.39 is 0 Å². The number of aliphatic hydroxyl groups excluding tert-OH is 1. The predicted octanol–water partition coefficient (Wildman–Crippen LogP) is 1.06. The summed E-state index contributed by atoms with van der Waals surface area (Å²) in [5.74, 6) is 2.26. The molecule has 0 spiro atoms. The van der Waals surface area contributed by atoms with Crippen LogP contribution in [0.15, 0.2) is 39.6 Å². The molecule has 0 amide bonds. The third-order valence-corrected chi connectivity index (χ3v) is 3.26. The van der Waals surface area contributed by atoms with Gasteiger partial charge in [0.25, 0.3) is 5.89 Å². The van der Waals surface area contributed by atoms with Gasteiger partial charge in [-0.2, -0.15) is 0 Å². The van der Waals surface area contributed by atoms with Gasteiger partial charge < -0.3 is 18.5 Å². The molecule has 3 aromatic heterocycles. The number of aromatic nitrogens is 4. The second kappa shape index (κ2) is 6.54. The van der Waals surface area contributed by atoms with Gasteiger partial charge in [0, 0.05) is 26.0 Å². The van der Waals surface area contributed by atoms with E-state index in [1.165, 1.54) is 0 Å². The summed E-state index contributed by atoms with van der Waals surface area (Å²) < 4.78 is 12.7. The first-order chi connectivity index (χ1) is 10.8. The molecule has 0 saturated carbocycles. The average molecular weight is 303 g/mol. The highest BCUT2D eigenvalue weighted by atomic mass is 16.4. The predicted molar refractivity (Wildman–Crippen MR) is 76.4 cm³/mol. The van der Waals surface area contributed by atoms with E-state index in [0.29, 0.717) is 37.2 Å². The molecule has 0 aliphatic rings. The van der Waals surface area contributed by atoms with E-state index in [-0.39, 0.29) is 6.61 Å². The Morgan fingerprint density at radius 3 is 2.91 bits per heavy atom. The first-order valence-corrected chi connectivity index (χ1v) is 6.92. The first kappa shape index (κ1) is 14.5. The topological polar surface area (TPSA) is 93.4 Å². The standard InChI is InChI=1S/C14H17N5O3/c1-18-5-4-15-12(18)9-19(6-7-20)10-13-16-17-14(22-13)11-3-2-8-21-11/h2-5,8,20H,6-7,9-10H2,1H3. The van der Waals surface area contributed by atoms with Crippen LogP contribution in [-0.4, -0.2) is 42.9 Å². The van der Waals surface area contributed by atoms with E-state index in [2.05, 4.69) is 15.2 Å². The molecule has 1 N–H and O–H groups in total. The first-order valence-electron chi connectivity index (χ1n) is 6.92. The number of nitrogens with zero attached hydrogens (tertiary/aromatic N) is 5. The normalized spacial score (nSPS) is 11.4. The number of imidazole rings is 1. The molecular formula is C14H17N5O3. The fraction of sp³-hybridized carbons (Fsp3) is 0.357. The van der Waals surface area contributed by atoms with E-state index >= 15 is 0 Å². The van der Waals surface area contributed by atoms with Crippen molar-refractivity contribution in [2.75, 3.05) is 13.2 Å². The Hall–Kier alpha value is -2.45. The molecule has 3 heterocycles. The largest absolute Gasteiger partial charge is 0.459 e. The fourth-order valence-corrected chi connectivity index (χ4v) is 2.11. The second-order valence-electron chi connectivity index (χ2n) is 4.87. The Balaban J connectivity index is 1.69. The highest BCUT2D eigenvalue weighted by Crippen LogP contribution is 2.18. The lowest BCUT2D eigenvalue weighted by Gasteiger charge is -2.18. The van der Waals surface area contributed by atoms with Crippen LogP contribution in [0.1, 0.15) is 11.7 Å². The van der Waals surface area contributed by atoms with Gasteiger partial charge in [-0.15, -0.1) is 10.2 Å². The van der Waals surface area contributed by atoms with Gasteiger partial charge in [-0.3, -0.25) is 4.90 Å². The molecule has 3 rings (SSSR count). The van der Waals surface area contributed by atoms with Crippen molar-refractivity contribution in [3.05, 3.63) is 42.5 Å². The van der Waals surface area contributed by atoms with Crippen LogP contribution >= 0.6 is 0 Å². The van der Waals surface area contributed by atoms with Gasteiger partial charge in [-0.25, -0.2) is 4.98 Å². The van der Waals surface area contributed by atoms with Crippen LogP contribution in [-0.2, 0) is 20.1 Å². The molecule has 0 aliphatic heterocycles. The number of hydrogen-bond donors (Lipinski definition) is 1. The molecule has 116 valence electrons. The van der Waals surface area contributed by atoms with Gasteiger partial charge in [-0.1, -0.05) is 0 Å². The zero-order valence-electron chi connectivity index (χ0n) is 12.2. The zero-order valence-corrected chi connectivity index (χ0v) is 12.2. The van der Waals surface area contributed by atoms with Gasteiger partial charge in [0.1, 0.15) is 5.82 Å². The van der Waals surface area contributed by atoms with Crippen LogP contribution < -0.4 is 0 Å². The molecule has 0 fully saturated rings. The molecule has 0 radical (unpaired) electrons. The molecule has 0 saturated heterocycles. The lowest BCUT2D eigenvalue weighted by molar-refractivity contribution is 0.168. The van der Waals surface area contributed by atoms with Crippen LogP contribution in [0.2, 0.25) is 0 Å². The second-order valence-corrected chi connectivity index (χ2v) is 4.87. The minimum Gasteiger partial charge on any atom is -0.459 e. The number of aryl methyl sites for hydroxylation is 1. The summed E-state index contributed by atoms with van der Waals surface area (Å²) >= 11 is 0. The molecule has 0 atom stereocenters. The van der Waals surface area contributed by atoms with Crippen molar-refractivity contribution in [1.29, 1.82) is 0 Å². The van der Waals surface area contributed by atoms with E-state index in [1.807, 2.05) is 22.7 Å². The Kier molecular flexibility index (Phi) is 4.31. The van der Waals surface area contributed by atoms with Crippen LogP contribution in [0.4, 0.5) is 0 Å². The summed E-state index contributed by atoms with van der Waals surface area (Å²) in [7, 11) is 1.93. The number of furan rings is 1. The number of hydrogen-bond acceptors (Lipinski definition) is 7. The number of aliphatic hydroxyl groups is 1. The van der Waals surface area contributed by atoms with Gasteiger partial charge in [0.2, 0.25) is 5.89 Å². The van der Waals surface area contributed by atoms with Crippen molar-refractivity contribution in [3.63, 3.8) is 0 Å². The summed E-state index contributed by atoms with van der Waals surface area (Å²) in [6.45, 7) is 1.55. The van der Waals surface area contributed by atoms with Crippen LogP contribution in [0.3, 0.4) is 0 Å². The van der Waals surface area contributed by atoms with E-state index in [9.17, 15) is 5.11 Å². The van der Waals surface area contributed by atoms with Crippen molar-refractivity contribution < 1.29 is 13.9 Å². The minimum atomic E-state index is 0.0452. The lowest BCUT2D eigenvalue weighted by atomic mass is 10.4. The maximum absolute atomic E-state index is 9.22. The van der Waals surface area contributed by atoms with Crippen molar-refractivity contribution >= 4 is 0 Å². The Labute approximate surface area is 127 Å². The third-order valence-electron chi connectivity index (χ3n) is 3.26. The quantitative estimate of drug-likeness (QED) is 0.697. The molecule has 0 aromatic carbocycles. The molecule has 0 aliphatic carbocycles. The fourth-order valence-electron chi connectivity index (χ4n) is 2.11. The molecule has 3 aromatic rings. The number of rotatable bonds is 7. The smallest absolute Gasteiger partial charge is 0.283 e. The van der Waals surface area contributed by atoms with E-state index in [4.69, 9.17) is 8.83 Å². The highest BCUT2D eigenvalue weighted by Gasteiger charge is 2.15. The van der Waals surface area contributed by atoms with Crippen molar-refractivity contribution in [2.45, 2.75) is 13.1 Å². The third kappa shape index (κ3) is 3.23. The zero-order chi connectivity index (χ0) is 15.4. The van der Waals surface area contributed by atoms with Gasteiger partial charge in [0.05, 0.1) is 26.0 Å². The van der Waals surface area contributed by atoms with Crippen molar-refractivity contribution in [3.8, 4) is 11.7 Å². The molecule has 8 nitrogen and oxygen atoms in total. The summed E-state index contributed by atoms with van der Waals surface area (Å²) in [4.78, 5) is 6.27. The summed E-state index contributed by atoms with van der Waals surface area (Å²) in [5, 5.41) is 17.2. The highest BCUT2D eigenvalue weighted by molar-refractivity contribution is 5.42.